The number of benzene rings is 1. The van der Waals surface area contributed by atoms with Gasteiger partial charge in [0.1, 0.15) is 12.3 Å². The van der Waals surface area contributed by atoms with E-state index in [1.165, 1.54) is 5.56 Å². The lowest BCUT2D eigenvalue weighted by molar-refractivity contribution is 0.0972. The number of furan rings is 1. The maximum absolute atomic E-state index is 11.2. The number of halogens is 1. The Morgan fingerprint density at radius 1 is 1.29 bits per heavy atom. The van der Waals surface area contributed by atoms with Gasteiger partial charge in [-0.2, -0.15) is 0 Å². The molecule has 28 heavy (non-hydrogen) atoms. The molecule has 6 nitrogen and oxygen atoms in total. The van der Waals surface area contributed by atoms with E-state index in [0.717, 1.165) is 32.0 Å². The third kappa shape index (κ3) is 5.50. The molecule has 1 aliphatic heterocycles. The number of aliphatic imine (C=N–C) groups is 1. The van der Waals surface area contributed by atoms with Crippen LogP contribution in [0.1, 0.15) is 48.1 Å². The minimum absolute atomic E-state index is 0. The molecule has 2 aromatic rings. The molecule has 1 amide bonds. The molecule has 1 fully saturated rings. The van der Waals surface area contributed by atoms with Crippen LogP contribution in [0, 0.1) is 5.92 Å². The van der Waals surface area contributed by atoms with Crippen LogP contribution in [0.2, 0.25) is 0 Å². The molecule has 152 valence electrons. The number of nitrogens with zero attached hydrogens (tertiary/aromatic N) is 2. The molecule has 3 N–H and O–H groups in total. The van der Waals surface area contributed by atoms with Crippen molar-refractivity contribution in [3.05, 3.63) is 59.5 Å². The Kier molecular flexibility index (Phi) is 8.35. The fraction of sp³-hybridized carbons (Fsp3) is 0.429. The molecular weight excluding hydrogens is 467 g/mol. The molecule has 0 bridgehead atoms. The molecule has 1 aromatic carbocycles. The van der Waals surface area contributed by atoms with E-state index in [4.69, 9.17) is 15.1 Å². The zero-order chi connectivity index (χ0) is 19.2. The third-order valence-corrected chi connectivity index (χ3v) is 5.06. The number of guanidine groups is 1. The van der Waals surface area contributed by atoms with Crippen molar-refractivity contribution in [2.24, 2.45) is 16.6 Å². The van der Waals surface area contributed by atoms with E-state index < -0.39 is 5.91 Å². The number of carbonyl (C=O) groups excluding carboxylic acids is 1. The number of hydrogen-bond donors (Lipinski definition) is 2. The summed E-state index contributed by atoms with van der Waals surface area (Å²) in [5.41, 5.74) is 6.65. The highest BCUT2D eigenvalue weighted by Gasteiger charge is 2.28. The first-order valence-corrected chi connectivity index (χ1v) is 9.55. The van der Waals surface area contributed by atoms with Gasteiger partial charge < -0.3 is 20.4 Å². The van der Waals surface area contributed by atoms with Gasteiger partial charge in [0.15, 0.2) is 11.7 Å². The predicted molar refractivity (Wildman–Crippen MR) is 122 cm³/mol. The van der Waals surface area contributed by atoms with E-state index >= 15 is 0 Å². The highest BCUT2D eigenvalue weighted by Crippen LogP contribution is 2.32. The highest BCUT2D eigenvalue weighted by atomic mass is 127. The fourth-order valence-corrected chi connectivity index (χ4v) is 3.71. The van der Waals surface area contributed by atoms with Gasteiger partial charge in [-0.3, -0.25) is 4.79 Å². The molecular formula is C21H29IN4O2. The first-order chi connectivity index (χ1) is 13.1. The van der Waals surface area contributed by atoms with Crippen molar-refractivity contribution >= 4 is 35.8 Å². The summed E-state index contributed by atoms with van der Waals surface area (Å²) in [5, 5.41) is 3.37. The van der Waals surface area contributed by atoms with Crippen molar-refractivity contribution in [3.8, 4) is 0 Å². The lowest BCUT2D eigenvalue weighted by Crippen LogP contribution is -2.48. The summed E-state index contributed by atoms with van der Waals surface area (Å²) in [6.07, 6.45) is 1.10. The molecule has 1 saturated heterocycles. The quantitative estimate of drug-likeness (QED) is 0.377. The average molecular weight is 496 g/mol. The minimum Gasteiger partial charge on any atom is -0.454 e. The topological polar surface area (TPSA) is 83.9 Å². The molecule has 1 aliphatic rings. The van der Waals surface area contributed by atoms with Crippen molar-refractivity contribution < 1.29 is 9.21 Å². The predicted octanol–water partition coefficient (Wildman–Crippen LogP) is 3.59. The molecule has 2 unspecified atom stereocenters. The molecule has 2 heterocycles. The van der Waals surface area contributed by atoms with Crippen LogP contribution in [0.4, 0.5) is 0 Å². The average Bonchev–Trinajstić information content (AvgIpc) is 3.15. The van der Waals surface area contributed by atoms with Gasteiger partial charge in [0.2, 0.25) is 0 Å². The van der Waals surface area contributed by atoms with Gasteiger partial charge >= 0.3 is 0 Å². The normalized spacial score (nSPS) is 19.8. The highest BCUT2D eigenvalue weighted by molar-refractivity contribution is 14.0. The number of carbonyl (C=O) groups is 1. The Morgan fingerprint density at radius 2 is 2.04 bits per heavy atom. The Morgan fingerprint density at radius 3 is 2.64 bits per heavy atom. The largest absolute Gasteiger partial charge is 0.454 e. The lowest BCUT2D eigenvalue weighted by atomic mass is 9.82. The monoisotopic (exact) mass is 496 g/mol. The number of nitrogens with two attached hydrogens (primary N) is 1. The fourth-order valence-electron chi connectivity index (χ4n) is 3.71. The Hall–Kier alpha value is -2.03. The van der Waals surface area contributed by atoms with E-state index in [2.05, 4.69) is 54.4 Å². The minimum atomic E-state index is -0.561. The van der Waals surface area contributed by atoms with E-state index in [-0.39, 0.29) is 29.7 Å². The van der Waals surface area contributed by atoms with Crippen LogP contribution in [0.5, 0.6) is 0 Å². The summed E-state index contributed by atoms with van der Waals surface area (Å²) in [5.74, 6) is 2.24. The second-order valence-corrected chi connectivity index (χ2v) is 7.03. The van der Waals surface area contributed by atoms with E-state index in [1.54, 1.807) is 12.1 Å². The van der Waals surface area contributed by atoms with E-state index in [0.29, 0.717) is 24.1 Å². The molecule has 0 saturated carbocycles. The summed E-state index contributed by atoms with van der Waals surface area (Å²) < 4.78 is 5.43. The number of likely N-dealkylation sites (tertiary alicyclic amines) is 1. The zero-order valence-corrected chi connectivity index (χ0v) is 18.8. The molecule has 1 aromatic heterocycles. The van der Waals surface area contributed by atoms with Gasteiger partial charge in [-0.25, -0.2) is 4.99 Å². The van der Waals surface area contributed by atoms with Gasteiger partial charge in [-0.1, -0.05) is 37.3 Å². The second kappa shape index (κ2) is 10.5. The van der Waals surface area contributed by atoms with Crippen LogP contribution in [-0.2, 0) is 6.54 Å². The van der Waals surface area contributed by atoms with E-state index in [1.807, 2.05) is 0 Å². The van der Waals surface area contributed by atoms with Crippen molar-refractivity contribution in [1.29, 1.82) is 0 Å². The zero-order valence-electron chi connectivity index (χ0n) is 16.4. The molecule has 7 heteroatoms. The van der Waals surface area contributed by atoms with Gasteiger partial charge in [0, 0.05) is 19.6 Å². The van der Waals surface area contributed by atoms with Crippen LogP contribution in [0.3, 0.4) is 0 Å². The first kappa shape index (κ1) is 22.3. The third-order valence-electron chi connectivity index (χ3n) is 5.06. The SMILES string of the molecule is CCNC(=NCc1ccc(C(N)=O)o1)N1CCC(c2ccccc2)C(C)C1.I. The van der Waals surface area contributed by atoms with Crippen molar-refractivity contribution in [3.63, 3.8) is 0 Å². The summed E-state index contributed by atoms with van der Waals surface area (Å²) >= 11 is 0. The molecule has 3 rings (SSSR count). The number of hydrogen-bond acceptors (Lipinski definition) is 3. The van der Waals surface area contributed by atoms with Crippen molar-refractivity contribution in [2.75, 3.05) is 19.6 Å². The Labute approximate surface area is 183 Å². The Balaban J connectivity index is 0.00000280. The summed E-state index contributed by atoms with van der Waals surface area (Å²) in [4.78, 5) is 18.2. The second-order valence-electron chi connectivity index (χ2n) is 7.03. The van der Waals surface area contributed by atoms with Crippen LogP contribution >= 0.6 is 24.0 Å². The summed E-state index contributed by atoms with van der Waals surface area (Å²) in [6.45, 7) is 7.46. The van der Waals surface area contributed by atoms with Gasteiger partial charge in [-0.15, -0.1) is 24.0 Å². The lowest BCUT2D eigenvalue weighted by Gasteiger charge is -2.39. The number of rotatable bonds is 5. The first-order valence-electron chi connectivity index (χ1n) is 9.55. The number of piperidine rings is 1. The Bertz CT molecular complexity index is 791. The summed E-state index contributed by atoms with van der Waals surface area (Å²) in [7, 11) is 0. The van der Waals surface area contributed by atoms with Crippen LogP contribution in [0.15, 0.2) is 51.9 Å². The van der Waals surface area contributed by atoms with Crippen molar-refractivity contribution in [1.82, 2.24) is 10.2 Å². The molecule has 2 atom stereocenters. The van der Waals surface area contributed by atoms with Crippen LogP contribution < -0.4 is 11.1 Å². The van der Waals surface area contributed by atoms with Gasteiger partial charge in [-0.05, 0) is 42.9 Å². The maximum Gasteiger partial charge on any atom is 0.284 e. The maximum atomic E-state index is 11.2. The van der Waals surface area contributed by atoms with Crippen molar-refractivity contribution in [2.45, 2.75) is 32.7 Å². The molecule has 0 radical (unpaired) electrons. The van der Waals surface area contributed by atoms with E-state index in [9.17, 15) is 4.79 Å². The molecule has 0 spiro atoms. The van der Waals surface area contributed by atoms with Gasteiger partial charge in [0.25, 0.3) is 5.91 Å². The number of nitrogens with one attached hydrogen (secondary N) is 1. The molecule has 0 aliphatic carbocycles. The number of primary amides is 1. The standard InChI is InChI=1S/C21H28N4O2.HI/c1-3-23-21(24-13-17-9-10-19(27-17)20(22)26)25-12-11-18(15(2)14-25)16-7-5-4-6-8-16;/h4-10,15,18H,3,11-14H2,1-2H3,(H2,22,26)(H,23,24);1H. The summed E-state index contributed by atoms with van der Waals surface area (Å²) in [6, 6.07) is 14.1. The van der Waals surface area contributed by atoms with Crippen LogP contribution in [-0.4, -0.2) is 36.4 Å². The smallest absolute Gasteiger partial charge is 0.284 e. The van der Waals surface area contributed by atoms with Crippen LogP contribution in [0.25, 0.3) is 0 Å². The number of amides is 1. The van der Waals surface area contributed by atoms with Gasteiger partial charge in [0.05, 0.1) is 0 Å².